The van der Waals surface area contributed by atoms with E-state index in [2.05, 4.69) is 48.3 Å². The van der Waals surface area contributed by atoms with Gasteiger partial charge in [-0.15, -0.1) is 0 Å². The van der Waals surface area contributed by atoms with Crippen molar-refractivity contribution in [1.82, 2.24) is 5.32 Å². The molecule has 1 aliphatic heterocycles. The maximum Gasteiger partial charge on any atom is 0.123 e. The second kappa shape index (κ2) is 8.58. The van der Waals surface area contributed by atoms with Gasteiger partial charge in [0.25, 0.3) is 0 Å². The molecular weight excluding hydrogens is 266 g/mol. The van der Waals surface area contributed by atoms with Crippen LogP contribution in [0, 0.1) is 5.92 Å². The van der Waals surface area contributed by atoms with Crippen LogP contribution in [0.1, 0.15) is 44.2 Å². The van der Waals surface area contributed by atoms with Crippen molar-refractivity contribution in [3.63, 3.8) is 0 Å². The highest BCUT2D eigenvalue weighted by atomic mass is 32.2. The molecule has 1 heterocycles. The molecule has 3 heteroatoms. The summed E-state index contributed by atoms with van der Waals surface area (Å²) >= 11 is 2.10. The Morgan fingerprint density at radius 2 is 2.05 bits per heavy atom. The van der Waals surface area contributed by atoms with Crippen LogP contribution in [-0.4, -0.2) is 25.2 Å². The molecular formula is C17H27NOS. The number of para-hydroxylation sites is 1. The maximum absolute atomic E-state index is 5.55. The Bertz CT molecular complexity index is 390. The zero-order chi connectivity index (χ0) is 14.2. The molecule has 0 bridgehead atoms. The average molecular weight is 293 g/mol. The van der Waals surface area contributed by atoms with E-state index in [4.69, 9.17) is 4.74 Å². The number of hydrogen-bond acceptors (Lipinski definition) is 3. The zero-order valence-corrected chi connectivity index (χ0v) is 13.5. The van der Waals surface area contributed by atoms with Gasteiger partial charge in [0.1, 0.15) is 5.75 Å². The van der Waals surface area contributed by atoms with Crippen LogP contribution in [0.15, 0.2) is 24.3 Å². The predicted octanol–water partition coefficient (Wildman–Crippen LogP) is 4.27. The molecule has 1 N–H and O–H groups in total. The third-order valence-corrected chi connectivity index (χ3v) is 5.11. The molecule has 20 heavy (non-hydrogen) atoms. The van der Waals surface area contributed by atoms with Crippen molar-refractivity contribution in [2.75, 3.05) is 25.2 Å². The van der Waals surface area contributed by atoms with Crippen LogP contribution >= 0.6 is 11.8 Å². The average Bonchev–Trinajstić information content (AvgIpc) is 2.52. The summed E-state index contributed by atoms with van der Waals surface area (Å²) < 4.78 is 5.55. The molecule has 1 unspecified atom stereocenters. The predicted molar refractivity (Wildman–Crippen MR) is 88.7 cm³/mol. The summed E-state index contributed by atoms with van der Waals surface area (Å²) in [4.78, 5) is 0. The summed E-state index contributed by atoms with van der Waals surface area (Å²) in [5, 5.41) is 3.72. The molecule has 0 amide bonds. The Hall–Kier alpha value is -0.670. The quantitative estimate of drug-likeness (QED) is 0.811. The first-order chi connectivity index (χ1) is 9.85. The summed E-state index contributed by atoms with van der Waals surface area (Å²) in [5.41, 5.74) is 1.32. The molecule has 1 fully saturated rings. The fourth-order valence-corrected chi connectivity index (χ4v) is 4.11. The molecule has 0 radical (unpaired) electrons. The van der Waals surface area contributed by atoms with Crippen LogP contribution in [0.2, 0.25) is 0 Å². The molecule has 0 saturated carbocycles. The number of ether oxygens (including phenoxy) is 1. The van der Waals surface area contributed by atoms with Gasteiger partial charge in [-0.25, -0.2) is 0 Å². The SMILES string of the molecule is CCCNC(CC1CCSCC1)c1ccccc1OC. The summed E-state index contributed by atoms with van der Waals surface area (Å²) in [5.74, 6) is 4.54. The van der Waals surface area contributed by atoms with E-state index >= 15 is 0 Å². The Morgan fingerprint density at radius 3 is 2.75 bits per heavy atom. The van der Waals surface area contributed by atoms with Crippen LogP contribution in [0.3, 0.4) is 0 Å². The van der Waals surface area contributed by atoms with E-state index in [9.17, 15) is 0 Å². The van der Waals surface area contributed by atoms with Gasteiger partial charge in [-0.05, 0) is 55.7 Å². The van der Waals surface area contributed by atoms with Crippen LogP contribution in [0.5, 0.6) is 5.75 Å². The minimum Gasteiger partial charge on any atom is -0.496 e. The summed E-state index contributed by atoms with van der Waals surface area (Å²) in [6.07, 6.45) is 5.14. The van der Waals surface area contributed by atoms with Gasteiger partial charge < -0.3 is 10.1 Å². The van der Waals surface area contributed by atoms with Crippen molar-refractivity contribution in [2.24, 2.45) is 5.92 Å². The molecule has 1 atom stereocenters. The van der Waals surface area contributed by atoms with Crippen molar-refractivity contribution in [1.29, 1.82) is 0 Å². The van der Waals surface area contributed by atoms with Crippen LogP contribution in [0.4, 0.5) is 0 Å². The van der Waals surface area contributed by atoms with E-state index in [1.54, 1.807) is 7.11 Å². The van der Waals surface area contributed by atoms with Gasteiger partial charge in [-0.2, -0.15) is 11.8 Å². The van der Waals surface area contributed by atoms with Crippen LogP contribution in [-0.2, 0) is 0 Å². The topological polar surface area (TPSA) is 21.3 Å². The van der Waals surface area contributed by atoms with Gasteiger partial charge in [0.05, 0.1) is 7.11 Å². The summed E-state index contributed by atoms with van der Waals surface area (Å²) in [7, 11) is 1.77. The largest absolute Gasteiger partial charge is 0.496 e. The van der Waals surface area contributed by atoms with Crippen LogP contribution in [0.25, 0.3) is 0 Å². The maximum atomic E-state index is 5.55. The molecule has 1 aromatic rings. The molecule has 1 aliphatic rings. The zero-order valence-electron chi connectivity index (χ0n) is 12.7. The minimum absolute atomic E-state index is 0.430. The Morgan fingerprint density at radius 1 is 1.30 bits per heavy atom. The third-order valence-electron chi connectivity index (χ3n) is 4.06. The van der Waals surface area contributed by atoms with E-state index < -0.39 is 0 Å². The first kappa shape index (κ1) is 15.7. The standard InChI is InChI=1S/C17H27NOS/c1-3-10-18-16(13-14-8-11-20-12-9-14)15-6-4-5-7-17(15)19-2/h4-7,14,16,18H,3,8-13H2,1-2H3. The fraction of sp³-hybridized carbons (Fsp3) is 0.647. The van der Waals surface area contributed by atoms with E-state index in [1.807, 2.05) is 0 Å². The molecule has 0 aliphatic carbocycles. The fourth-order valence-electron chi connectivity index (χ4n) is 2.91. The Balaban J connectivity index is 2.08. The first-order valence-corrected chi connectivity index (χ1v) is 8.94. The highest BCUT2D eigenvalue weighted by Gasteiger charge is 2.22. The highest BCUT2D eigenvalue weighted by Crippen LogP contribution is 2.34. The lowest BCUT2D eigenvalue weighted by molar-refractivity contribution is 0.352. The third kappa shape index (κ3) is 4.42. The smallest absolute Gasteiger partial charge is 0.123 e. The Kier molecular flexibility index (Phi) is 6.74. The van der Waals surface area contributed by atoms with E-state index in [0.717, 1.165) is 18.2 Å². The van der Waals surface area contributed by atoms with Crippen molar-refractivity contribution in [2.45, 2.75) is 38.6 Å². The normalized spacial score (nSPS) is 17.9. The molecule has 0 spiro atoms. The van der Waals surface area contributed by atoms with Crippen molar-refractivity contribution in [3.05, 3.63) is 29.8 Å². The molecule has 2 nitrogen and oxygen atoms in total. The van der Waals surface area contributed by atoms with Crippen LogP contribution < -0.4 is 10.1 Å². The van der Waals surface area contributed by atoms with Gasteiger partial charge in [0.15, 0.2) is 0 Å². The van der Waals surface area contributed by atoms with Crippen molar-refractivity contribution < 1.29 is 4.74 Å². The van der Waals surface area contributed by atoms with Gasteiger partial charge >= 0.3 is 0 Å². The second-order valence-electron chi connectivity index (χ2n) is 5.54. The van der Waals surface area contributed by atoms with Gasteiger partial charge in [0.2, 0.25) is 0 Å². The lowest BCUT2D eigenvalue weighted by Gasteiger charge is -2.28. The number of nitrogens with one attached hydrogen (secondary N) is 1. The minimum atomic E-state index is 0.430. The molecule has 0 aromatic heterocycles. The highest BCUT2D eigenvalue weighted by molar-refractivity contribution is 7.99. The monoisotopic (exact) mass is 293 g/mol. The molecule has 112 valence electrons. The summed E-state index contributed by atoms with van der Waals surface area (Å²) in [6.45, 7) is 3.30. The Labute approximate surface area is 127 Å². The molecule has 1 saturated heterocycles. The molecule has 1 aromatic carbocycles. The van der Waals surface area contributed by atoms with E-state index in [0.29, 0.717) is 6.04 Å². The second-order valence-corrected chi connectivity index (χ2v) is 6.76. The van der Waals surface area contributed by atoms with Gasteiger partial charge in [-0.1, -0.05) is 25.1 Å². The first-order valence-electron chi connectivity index (χ1n) is 7.79. The number of thioether (sulfide) groups is 1. The van der Waals surface area contributed by atoms with Gasteiger partial charge in [0, 0.05) is 11.6 Å². The number of rotatable bonds is 7. The van der Waals surface area contributed by atoms with E-state index in [-0.39, 0.29) is 0 Å². The van der Waals surface area contributed by atoms with Crippen molar-refractivity contribution in [3.8, 4) is 5.75 Å². The number of methoxy groups -OCH3 is 1. The number of benzene rings is 1. The lowest BCUT2D eigenvalue weighted by Crippen LogP contribution is -2.26. The van der Waals surface area contributed by atoms with Gasteiger partial charge in [-0.3, -0.25) is 0 Å². The summed E-state index contributed by atoms with van der Waals surface area (Å²) in [6, 6.07) is 8.89. The van der Waals surface area contributed by atoms with Crippen molar-refractivity contribution >= 4 is 11.8 Å². The number of hydrogen-bond donors (Lipinski definition) is 1. The van der Waals surface area contributed by atoms with E-state index in [1.165, 1.54) is 42.8 Å². The lowest BCUT2D eigenvalue weighted by atomic mass is 9.90. The molecule has 2 rings (SSSR count).